The number of rotatable bonds is 6. The number of carbonyl (C=O) groups is 1. The predicted molar refractivity (Wildman–Crippen MR) is 82.3 cm³/mol. The Morgan fingerprint density at radius 3 is 2.56 bits per heavy atom. The third-order valence-electron chi connectivity index (χ3n) is 2.76. The van der Waals surface area contributed by atoms with Gasteiger partial charge in [0.15, 0.2) is 0 Å². The average molecular weight is 285 g/mol. The Hall–Kier alpha value is -0.480. The third-order valence-corrected chi connectivity index (χ3v) is 5.18. The number of amides is 1. The molecule has 2 nitrogen and oxygen atoms in total. The smallest absolute Gasteiger partial charge is 0.236 e. The van der Waals surface area contributed by atoms with E-state index in [2.05, 4.69) is 39.8 Å². The zero-order chi connectivity index (χ0) is 13.7. The maximum absolute atomic E-state index is 12.4. The Morgan fingerprint density at radius 2 is 2.11 bits per heavy atom. The Kier molecular flexibility index (Phi) is 6.22. The van der Waals surface area contributed by atoms with Gasteiger partial charge in [-0.25, -0.2) is 0 Å². The molecule has 1 aromatic rings. The second-order valence-corrected chi connectivity index (χ2v) is 7.62. The van der Waals surface area contributed by atoms with Crippen molar-refractivity contribution >= 4 is 29.0 Å². The van der Waals surface area contributed by atoms with E-state index in [-0.39, 0.29) is 11.2 Å². The SMILES string of the molecule is CCSC(C(=O)N(C)Cc1ccc(C)s1)C(C)C. The molecule has 4 heteroatoms. The minimum Gasteiger partial charge on any atom is -0.340 e. The van der Waals surface area contributed by atoms with Crippen molar-refractivity contribution in [3.05, 3.63) is 21.9 Å². The van der Waals surface area contributed by atoms with Gasteiger partial charge in [-0.15, -0.1) is 23.1 Å². The van der Waals surface area contributed by atoms with Crippen LogP contribution in [0.2, 0.25) is 0 Å². The molecular weight excluding hydrogens is 262 g/mol. The van der Waals surface area contributed by atoms with Crippen molar-refractivity contribution in [2.75, 3.05) is 12.8 Å². The standard InChI is InChI=1S/C14H23NOS2/c1-6-17-13(10(2)3)14(16)15(5)9-12-8-7-11(4)18-12/h7-8,10,13H,6,9H2,1-5H3. The molecule has 0 aliphatic rings. The Morgan fingerprint density at radius 1 is 1.44 bits per heavy atom. The lowest BCUT2D eigenvalue weighted by Crippen LogP contribution is -2.37. The maximum Gasteiger partial charge on any atom is 0.236 e. The van der Waals surface area contributed by atoms with Crippen LogP contribution in [0.1, 0.15) is 30.5 Å². The van der Waals surface area contributed by atoms with Gasteiger partial charge < -0.3 is 4.90 Å². The predicted octanol–water partition coefficient (Wildman–Crippen LogP) is 3.79. The quantitative estimate of drug-likeness (QED) is 0.792. The first-order valence-corrected chi connectivity index (χ1v) is 8.24. The molecule has 1 unspecified atom stereocenters. The van der Waals surface area contributed by atoms with Crippen LogP contribution < -0.4 is 0 Å². The van der Waals surface area contributed by atoms with Crippen molar-refractivity contribution in [2.45, 2.75) is 39.5 Å². The highest BCUT2D eigenvalue weighted by Gasteiger charge is 2.25. The number of aryl methyl sites for hydroxylation is 1. The number of hydrogen-bond acceptors (Lipinski definition) is 3. The molecule has 1 heterocycles. The third kappa shape index (κ3) is 4.32. The van der Waals surface area contributed by atoms with Gasteiger partial charge in [-0.2, -0.15) is 0 Å². The molecule has 0 saturated carbocycles. The molecular formula is C14H23NOS2. The van der Waals surface area contributed by atoms with E-state index in [4.69, 9.17) is 0 Å². The van der Waals surface area contributed by atoms with E-state index in [0.717, 1.165) is 12.3 Å². The van der Waals surface area contributed by atoms with Crippen LogP contribution in [-0.2, 0) is 11.3 Å². The summed E-state index contributed by atoms with van der Waals surface area (Å²) >= 11 is 3.52. The lowest BCUT2D eigenvalue weighted by molar-refractivity contribution is -0.130. The summed E-state index contributed by atoms with van der Waals surface area (Å²) in [4.78, 5) is 16.8. The van der Waals surface area contributed by atoms with Crippen LogP contribution in [0.15, 0.2) is 12.1 Å². The fourth-order valence-electron chi connectivity index (χ4n) is 1.83. The van der Waals surface area contributed by atoms with E-state index in [0.29, 0.717) is 5.92 Å². The lowest BCUT2D eigenvalue weighted by Gasteiger charge is -2.25. The average Bonchev–Trinajstić information content (AvgIpc) is 2.70. The van der Waals surface area contributed by atoms with Gasteiger partial charge in [0, 0.05) is 16.8 Å². The van der Waals surface area contributed by atoms with Gasteiger partial charge >= 0.3 is 0 Å². The van der Waals surface area contributed by atoms with Crippen molar-refractivity contribution < 1.29 is 4.79 Å². The highest BCUT2D eigenvalue weighted by atomic mass is 32.2. The Labute approximate surface area is 119 Å². The first kappa shape index (κ1) is 15.6. The van der Waals surface area contributed by atoms with Gasteiger partial charge in [-0.3, -0.25) is 4.79 Å². The summed E-state index contributed by atoms with van der Waals surface area (Å²) in [6.45, 7) is 9.17. The van der Waals surface area contributed by atoms with Crippen LogP contribution in [0.5, 0.6) is 0 Å². The fraction of sp³-hybridized carbons (Fsp3) is 0.643. The minimum atomic E-state index is 0.0843. The highest BCUT2D eigenvalue weighted by Crippen LogP contribution is 2.23. The van der Waals surface area contributed by atoms with E-state index in [9.17, 15) is 4.79 Å². The zero-order valence-electron chi connectivity index (χ0n) is 11.9. The molecule has 18 heavy (non-hydrogen) atoms. The minimum absolute atomic E-state index is 0.0843. The number of thioether (sulfide) groups is 1. The lowest BCUT2D eigenvalue weighted by atomic mass is 10.1. The van der Waals surface area contributed by atoms with Gasteiger partial charge in [0.2, 0.25) is 5.91 Å². The van der Waals surface area contributed by atoms with Crippen LogP contribution in [0.25, 0.3) is 0 Å². The molecule has 0 radical (unpaired) electrons. The molecule has 0 aromatic carbocycles. The second kappa shape index (κ2) is 7.19. The molecule has 0 fully saturated rings. The second-order valence-electron chi connectivity index (χ2n) is 4.83. The highest BCUT2D eigenvalue weighted by molar-refractivity contribution is 8.00. The van der Waals surface area contributed by atoms with E-state index < -0.39 is 0 Å². The number of nitrogens with zero attached hydrogens (tertiary/aromatic N) is 1. The molecule has 102 valence electrons. The molecule has 1 aromatic heterocycles. The van der Waals surface area contributed by atoms with Crippen LogP contribution in [0, 0.1) is 12.8 Å². The van der Waals surface area contributed by atoms with Gasteiger partial charge in [-0.1, -0.05) is 20.8 Å². The van der Waals surface area contributed by atoms with Crippen molar-refractivity contribution in [3.8, 4) is 0 Å². The monoisotopic (exact) mass is 285 g/mol. The van der Waals surface area contributed by atoms with E-state index in [1.165, 1.54) is 9.75 Å². The van der Waals surface area contributed by atoms with Crippen molar-refractivity contribution in [2.24, 2.45) is 5.92 Å². The topological polar surface area (TPSA) is 20.3 Å². The van der Waals surface area contributed by atoms with Gasteiger partial charge in [0.05, 0.1) is 11.8 Å². The van der Waals surface area contributed by atoms with Gasteiger partial charge in [0.1, 0.15) is 0 Å². The van der Waals surface area contributed by atoms with Crippen LogP contribution in [0.4, 0.5) is 0 Å². The summed E-state index contributed by atoms with van der Waals surface area (Å²) < 4.78 is 0. The molecule has 0 bridgehead atoms. The van der Waals surface area contributed by atoms with Gasteiger partial charge in [-0.05, 0) is 30.7 Å². The number of hydrogen-bond donors (Lipinski definition) is 0. The maximum atomic E-state index is 12.4. The van der Waals surface area contributed by atoms with E-state index in [1.54, 1.807) is 23.1 Å². The van der Waals surface area contributed by atoms with Crippen molar-refractivity contribution in [1.29, 1.82) is 0 Å². The van der Waals surface area contributed by atoms with E-state index >= 15 is 0 Å². The Balaban J connectivity index is 2.64. The molecule has 0 N–H and O–H groups in total. The summed E-state index contributed by atoms with van der Waals surface area (Å²) in [5.74, 6) is 1.62. The molecule has 1 amide bonds. The molecule has 0 spiro atoms. The first-order chi connectivity index (χ1) is 8.45. The number of thiophene rings is 1. The molecule has 0 aliphatic carbocycles. The fourth-order valence-corrected chi connectivity index (χ4v) is 3.84. The summed E-state index contributed by atoms with van der Waals surface area (Å²) in [6.07, 6.45) is 0. The largest absolute Gasteiger partial charge is 0.340 e. The summed E-state index contributed by atoms with van der Waals surface area (Å²) in [5.41, 5.74) is 0. The molecule has 0 saturated heterocycles. The summed E-state index contributed by atoms with van der Waals surface area (Å²) in [5, 5.41) is 0.0843. The normalized spacial score (nSPS) is 12.8. The van der Waals surface area contributed by atoms with E-state index in [1.807, 2.05) is 11.9 Å². The molecule has 0 aliphatic heterocycles. The van der Waals surface area contributed by atoms with Crippen LogP contribution >= 0.6 is 23.1 Å². The summed E-state index contributed by atoms with van der Waals surface area (Å²) in [7, 11) is 1.91. The van der Waals surface area contributed by atoms with Gasteiger partial charge in [0.25, 0.3) is 0 Å². The molecule has 1 rings (SSSR count). The van der Waals surface area contributed by atoms with Crippen LogP contribution in [-0.4, -0.2) is 28.9 Å². The van der Waals surface area contributed by atoms with Crippen LogP contribution in [0.3, 0.4) is 0 Å². The number of carbonyl (C=O) groups excluding carboxylic acids is 1. The van der Waals surface area contributed by atoms with Crippen molar-refractivity contribution in [1.82, 2.24) is 4.90 Å². The summed E-state index contributed by atoms with van der Waals surface area (Å²) in [6, 6.07) is 4.22. The first-order valence-electron chi connectivity index (χ1n) is 6.37. The molecule has 1 atom stereocenters. The van der Waals surface area contributed by atoms with Crippen molar-refractivity contribution in [3.63, 3.8) is 0 Å². The Bertz CT molecular complexity index is 387. The zero-order valence-corrected chi connectivity index (χ0v) is 13.5.